The molecule has 2 atom stereocenters. The topological polar surface area (TPSA) is 85.7 Å². The van der Waals surface area contributed by atoms with Gasteiger partial charge in [0.05, 0.1) is 23.3 Å². The summed E-state index contributed by atoms with van der Waals surface area (Å²) in [6.07, 6.45) is 2.43. The smallest absolute Gasteiger partial charge is 0.418 e. The van der Waals surface area contributed by atoms with Crippen LogP contribution in [-0.2, 0) is 16.1 Å². The highest BCUT2D eigenvalue weighted by Crippen LogP contribution is 2.31. The number of halogens is 2. The minimum absolute atomic E-state index is 0.0175. The van der Waals surface area contributed by atoms with E-state index >= 15 is 0 Å². The molecule has 10 heteroatoms. The minimum Gasteiger partial charge on any atom is -0.444 e. The molecule has 0 radical (unpaired) electrons. The number of rotatable bonds is 6. The molecule has 3 amide bonds. The Balaban J connectivity index is 1.63. The Morgan fingerprint density at radius 3 is 2.63 bits per heavy atom. The van der Waals surface area contributed by atoms with Gasteiger partial charge in [0.15, 0.2) is 0 Å². The summed E-state index contributed by atoms with van der Waals surface area (Å²) < 4.78 is 26.8. The van der Waals surface area contributed by atoms with Gasteiger partial charge in [0.2, 0.25) is 0 Å². The van der Waals surface area contributed by atoms with Crippen molar-refractivity contribution in [3.8, 4) is 5.69 Å². The second-order valence-corrected chi connectivity index (χ2v) is 9.49. The summed E-state index contributed by atoms with van der Waals surface area (Å²) in [4.78, 5) is 31.4. The Morgan fingerprint density at radius 1 is 1.20 bits per heavy atom. The second-order valence-electron chi connectivity index (χ2n) is 9.08. The third-order valence-corrected chi connectivity index (χ3v) is 5.72. The average molecular weight is 501 g/mol. The summed E-state index contributed by atoms with van der Waals surface area (Å²) in [6.45, 7) is 5.71. The molecule has 0 aliphatic carbocycles. The van der Waals surface area contributed by atoms with Gasteiger partial charge in [-0.25, -0.2) is 23.9 Å². The van der Waals surface area contributed by atoms with Gasteiger partial charge in [-0.1, -0.05) is 41.9 Å². The summed E-state index contributed by atoms with van der Waals surface area (Å²) in [6, 6.07) is 11.4. The SMILES string of the molecule is CC(C)(C)OC[C@@H]1[C@@H](c2nccn2-c2ccc(F)c(Cl)c2)NC(=O)N1C(=O)OCc1ccccc1. The number of aromatic nitrogens is 2. The number of ether oxygens (including phenoxy) is 2. The summed E-state index contributed by atoms with van der Waals surface area (Å²) in [7, 11) is 0. The van der Waals surface area contributed by atoms with Crippen LogP contribution in [0.15, 0.2) is 60.9 Å². The molecule has 2 aromatic carbocycles. The van der Waals surface area contributed by atoms with Crippen LogP contribution < -0.4 is 5.32 Å². The van der Waals surface area contributed by atoms with Crippen LogP contribution in [0.4, 0.5) is 14.0 Å². The summed E-state index contributed by atoms with van der Waals surface area (Å²) in [5.41, 5.74) is 0.831. The molecule has 35 heavy (non-hydrogen) atoms. The molecule has 2 heterocycles. The quantitative estimate of drug-likeness (QED) is 0.499. The van der Waals surface area contributed by atoms with Crippen LogP contribution in [0.25, 0.3) is 5.69 Å². The van der Waals surface area contributed by atoms with E-state index in [2.05, 4.69) is 10.3 Å². The van der Waals surface area contributed by atoms with E-state index in [9.17, 15) is 14.0 Å². The lowest BCUT2D eigenvalue weighted by Crippen LogP contribution is -2.44. The summed E-state index contributed by atoms with van der Waals surface area (Å²) in [5, 5.41) is 2.78. The molecular weight excluding hydrogens is 475 g/mol. The molecule has 1 aliphatic heterocycles. The van der Waals surface area contributed by atoms with E-state index in [4.69, 9.17) is 21.1 Å². The van der Waals surface area contributed by atoms with Gasteiger partial charge in [-0.15, -0.1) is 0 Å². The Morgan fingerprint density at radius 2 is 1.94 bits per heavy atom. The number of urea groups is 1. The van der Waals surface area contributed by atoms with Crippen molar-refractivity contribution >= 4 is 23.7 Å². The van der Waals surface area contributed by atoms with E-state index in [1.54, 1.807) is 23.0 Å². The van der Waals surface area contributed by atoms with Crippen molar-refractivity contribution in [2.45, 2.75) is 45.1 Å². The van der Waals surface area contributed by atoms with Crippen LogP contribution in [0.2, 0.25) is 5.02 Å². The maximum atomic E-state index is 13.7. The van der Waals surface area contributed by atoms with E-state index in [0.29, 0.717) is 11.5 Å². The number of amides is 3. The zero-order chi connectivity index (χ0) is 25.2. The number of carbonyl (C=O) groups excluding carboxylic acids is 2. The molecule has 1 N–H and O–H groups in total. The lowest BCUT2D eigenvalue weighted by Gasteiger charge is -2.28. The van der Waals surface area contributed by atoms with E-state index in [-0.39, 0.29) is 18.2 Å². The summed E-state index contributed by atoms with van der Waals surface area (Å²) >= 11 is 5.98. The van der Waals surface area contributed by atoms with Crippen molar-refractivity contribution < 1.29 is 23.5 Å². The first kappa shape index (κ1) is 24.7. The van der Waals surface area contributed by atoms with E-state index in [0.717, 1.165) is 10.5 Å². The van der Waals surface area contributed by atoms with Crippen molar-refractivity contribution in [2.24, 2.45) is 0 Å². The van der Waals surface area contributed by atoms with Crippen LogP contribution in [0.3, 0.4) is 0 Å². The predicted octanol–water partition coefficient (Wildman–Crippen LogP) is 5.25. The molecular formula is C25H26ClFN4O4. The molecule has 3 aromatic rings. The van der Waals surface area contributed by atoms with Crippen molar-refractivity contribution in [1.82, 2.24) is 19.8 Å². The maximum Gasteiger partial charge on any atom is 0.418 e. The van der Waals surface area contributed by atoms with Gasteiger partial charge in [-0.05, 0) is 44.5 Å². The predicted molar refractivity (Wildman–Crippen MR) is 128 cm³/mol. The fraction of sp³-hybridized carbons (Fsp3) is 0.320. The zero-order valence-electron chi connectivity index (χ0n) is 19.6. The van der Waals surface area contributed by atoms with Gasteiger partial charge < -0.3 is 19.4 Å². The number of imide groups is 1. The minimum atomic E-state index is -0.792. The molecule has 8 nitrogen and oxygen atoms in total. The highest BCUT2D eigenvalue weighted by molar-refractivity contribution is 6.30. The maximum absolute atomic E-state index is 13.7. The number of hydrogen-bond acceptors (Lipinski definition) is 5. The standard InChI is InChI=1S/C25H26ClFN4O4/c1-25(2,3)35-15-20-21(22-28-11-12-30(22)17-9-10-19(27)18(26)13-17)29-23(32)31(20)24(33)34-14-16-7-5-4-6-8-16/h4-13,20-21H,14-15H2,1-3H3,(H,29,32)/t20-,21+/m1/s1. The van der Waals surface area contributed by atoms with Crippen LogP contribution >= 0.6 is 11.6 Å². The molecule has 4 rings (SSSR count). The lowest BCUT2D eigenvalue weighted by molar-refractivity contribution is -0.0283. The van der Waals surface area contributed by atoms with Crippen LogP contribution in [0.5, 0.6) is 0 Å². The molecule has 0 saturated carbocycles. The number of nitrogens with one attached hydrogen (secondary N) is 1. The van der Waals surface area contributed by atoms with Crippen molar-refractivity contribution in [1.29, 1.82) is 0 Å². The summed E-state index contributed by atoms with van der Waals surface area (Å²) in [5.74, 6) is -0.114. The molecule has 0 bridgehead atoms. The number of hydrogen-bond donors (Lipinski definition) is 1. The van der Waals surface area contributed by atoms with Crippen molar-refractivity contribution in [2.75, 3.05) is 6.61 Å². The third kappa shape index (κ3) is 5.63. The Hall–Kier alpha value is -3.43. The number of carbonyl (C=O) groups is 2. The van der Waals surface area contributed by atoms with Gasteiger partial charge in [0, 0.05) is 18.1 Å². The van der Waals surface area contributed by atoms with Crippen LogP contribution in [-0.4, -0.2) is 44.8 Å². The van der Waals surface area contributed by atoms with Gasteiger partial charge in [-0.2, -0.15) is 0 Å². The number of benzene rings is 2. The van der Waals surface area contributed by atoms with E-state index in [1.807, 2.05) is 51.1 Å². The van der Waals surface area contributed by atoms with Gasteiger partial charge in [0.25, 0.3) is 0 Å². The van der Waals surface area contributed by atoms with Crippen molar-refractivity contribution in [3.05, 3.63) is 83.2 Å². The molecule has 0 spiro atoms. The molecule has 1 aromatic heterocycles. The fourth-order valence-corrected chi connectivity index (χ4v) is 3.92. The third-order valence-electron chi connectivity index (χ3n) is 5.43. The molecule has 184 valence electrons. The normalized spacial score (nSPS) is 18.0. The second kappa shape index (κ2) is 10.1. The van der Waals surface area contributed by atoms with Crippen LogP contribution in [0.1, 0.15) is 38.2 Å². The van der Waals surface area contributed by atoms with Crippen molar-refractivity contribution in [3.63, 3.8) is 0 Å². The zero-order valence-corrected chi connectivity index (χ0v) is 20.3. The van der Waals surface area contributed by atoms with Gasteiger partial charge in [-0.3, -0.25) is 0 Å². The first-order valence-corrected chi connectivity index (χ1v) is 11.4. The van der Waals surface area contributed by atoms with Gasteiger partial charge in [0.1, 0.15) is 24.3 Å². The monoisotopic (exact) mass is 500 g/mol. The Bertz CT molecular complexity index is 1210. The number of nitrogens with zero attached hydrogens (tertiary/aromatic N) is 3. The molecule has 1 saturated heterocycles. The first-order chi connectivity index (χ1) is 16.6. The first-order valence-electron chi connectivity index (χ1n) is 11.1. The Kier molecular flexibility index (Phi) is 7.09. The van der Waals surface area contributed by atoms with Gasteiger partial charge >= 0.3 is 12.1 Å². The Labute approximate surface area is 207 Å². The molecule has 1 fully saturated rings. The lowest BCUT2D eigenvalue weighted by atomic mass is 10.1. The molecule has 1 aliphatic rings. The van der Waals surface area contributed by atoms with E-state index in [1.165, 1.54) is 12.1 Å². The fourth-order valence-electron chi connectivity index (χ4n) is 3.75. The number of imidazole rings is 1. The van der Waals surface area contributed by atoms with Crippen LogP contribution in [0, 0.1) is 5.82 Å². The molecule has 0 unspecified atom stereocenters. The average Bonchev–Trinajstić information content (AvgIpc) is 3.42. The van der Waals surface area contributed by atoms with E-state index < -0.39 is 35.6 Å². The highest BCUT2D eigenvalue weighted by atomic mass is 35.5. The largest absolute Gasteiger partial charge is 0.444 e. The highest BCUT2D eigenvalue weighted by Gasteiger charge is 2.47.